The average molecular weight is 437 g/mol. The number of nitrogens with one attached hydrogen (secondary N) is 4. The fourth-order valence-electron chi connectivity index (χ4n) is 3.77. The molecule has 1 atom stereocenters. The minimum absolute atomic E-state index is 0.0911. The number of carbonyl (C=O) groups excluding carboxylic acids is 3. The van der Waals surface area contributed by atoms with Gasteiger partial charge >= 0.3 is 6.03 Å². The van der Waals surface area contributed by atoms with Crippen LogP contribution in [0.1, 0.15) is 55.5 Å². The van der Waals surface area contributed by atoms with E-state index in [-0.39, 0.29) is 23.8 Å². The van der Waals surface area contributed by atoms with Crippen molar-refractivity contribution in [2.45, 2.75) is 58.2 Å². The van der Waals surface area contributed by atoms with E-state index in [1.54, 1.807) is 24.3 Å². The van der Waals surface area contributed by atoms with Crippen LogP contribution < -0.4 is 21.3 Å². The highest BCUT2D eigenvalue weighted by Crippen LogP contribution is 2.18. The van der Waals surface area contributed by atoms with Gasteiger partial charge in [-0.3, -0.25) is 9.59 Å². The number of urea groups is 1. The highest BCUT2D eigenvalue weighted by molar-refractivity contribution is 5.98. The Balaban J connectivity index is 1.52. The van der Waals surface area contributed by atoms with Gasteiger partial charge in [0, 0.05) is 23.8 Å². The summed E-state index contributed by atoms with van der Waals surface area (Å²) in [7, 11) is 0. The van der Waals surface area contributed by atoms with Gasteiger partial charge in [0.05, 0.1) is 0 Å². The Morgan fingerprint density at radius 3 is 2.22 bits per heavy atom. The van der Waals surface area contributed by atoms with Gasteiger partial charge in [-0.2, -0.15) is 0 Å². The van der Waals surface area contributed by atoms with E-state index in [4.69, 9.17) is 0 Å². The van der Waals surface area contributed by atoms with Crippen molar-refractivity contribution < 1.29 is 14.4 Å². The summed E-state index contributed by atoms with van der Waals surface area (Å²) in [5, 5.41) is 11.4. The molecule has 0 saturated heterocycles. The smallest absolute Gasteiger partial charge is 0.315 e. The van der Waals surface area contributed by atoms with E-state index >= 15 is 0 Å². The minimum Gasteiger partial charge on any atom is -0.349 e. The van der Waals surface area contributed by atoms with Crippen molar-refractivity contribution in [2.24, 2.45) is 5.92 Å². The van der Waals surface area contributed by atoms with Gasteiger partial charge in [-0.1, -0.05) is 57.0 Å². The molecular weight excluding hydrogens is 404 g/mol. The van der Waals surface area contributed by atoms with Crippen molar-refractivity contribution in [3.05, 3.63) is 65.7 Å². The summed E-state index contributed by atoms with van der Waals surface area (Å²) in [6.45, 7) is 4.12. The van der Waals surface area contributed by atoms with Crippen LogP contribution in [0, 0.1) is 5.92 Å². The first-order valence-corrected chi connectivity index (χ1v) is 11.2. The van der Waals surface area contributed by atoms with Gasteiger partial charge in [-0.25, -0.2) is 4.79 Å². The second kappa shape index (κ2) is 11.3. The van der Waals surface area contributed by atoms with Crippen LogP contribution in [0.25, 0.3) is 0 Å². The Kier molecular flexibility index (Phi) is 8.25. The maximum atomic E-state index is 12.8. The number of amides is 4. The first kappa shape index (κ1) is 23.3. The second-order valence-electron chi connectivity index (χ2n) is 8.56. The number of hydrogen-bond donors (Lipinski definition) is 4. The first-order chi connectivity index (χ1) is 15.4. The summed E-state index contributed by atoms with van der Waals surface area (Å²) in [5.74, 6) is -0.501. The molecule has 1 unspecified atom stereocenters. The fourth-order valence-corrected chi connectivity index (χ4v) is 3.77. The van der Waals surface area contributed by atoms with Crippen LogP contribution in [0.15, 0.2) is 54.6 Å². The van der Waals surface area contributed by atoms with Gasteiger partial charge in [0.1, 0.15) is 6.04 Å². The molecule has 0 heterocycles. The molecule has 0 aromatic heterocycles. The Morgan fingerprint density at radius 2 is 1.59 bits per heavy atom. The SMILES string of the molecule is CC(C)C(NC(=O)NCc1ccccc1)C(=O)Nc1ccc(C(=O)NC2CCCC2)cc1. The first-order valence-electron chi connectivity index (χ1n) is 11.2. The van der Waals surface area contributed by atoms with Crippen LogP contribution in [-0.4, -0.2) is 29.9 Å². The molecule has 0 radical (unpaired) electrons. The van der Waals surface area contributed by atoms with Gasteiger partial charge in [-0.15, -0.1) is 0 Å². The molecule has 170 valence electrons. The van der Waals surface area contributed by atoms with Crippen LogP contribution in [0.2, 0.25) is 0 Å². The highest BCUT2D eigenvalue weighted by atomic mass is 16.2. The molecule has 0 aliphatic heterocycles. The monoisotopic (exact) mass is 436 g/mol. The molecule has 1 aliphatic rings. The molecule has 7 heteroatoms. The average Bonchev–Trinajstić information content (AvgIpc) is 3.30. The van der Waals surface area contributed by atoms with Crippen LogP contribution in [0.4, 0.5) is 10.5 Å². The molecule has 7 nitrogen and oxygen atoms in total. The summed E-state index contributed by atoms with van der Waals surface area (Å²) >= 11 is 0. The minimum atomic E-state index is -0.698. The summed E-state index contributed by atoms with van der Waals surface area (Å²) in [6.07, 6.45) is 4.38. The quantitative estimate of drug-likeness (QED) is 0.506. The molecule has 3 rings (SSSR count). The van der Waals surface area contributed by atoms with Crippen molar-refractivity contribution in [3.63, 3.8) is 0 Å². The van der Waals surface area contributed by atoms with Crippen molar-refractivity contribution in [3.8, 4) is 0 Å². The van der Waals surface area contributed by atoms with Crippen LogP contribution in [-0.2, 0) is 11.3 Å². The molecule has 0 bridgehead atoms. The van der Waals surface area contributed by atoms with Gasteiger partial charge < -0.3 is 21.3 Å². The van der Waals surface area contributed by atoms with Crippen LogP contribution in [0.5, 0.6) is 0 Å². The van der Waals surface area contributed by atoms with E-state index in [1.165, 1.54) is 0 Å². The van der Waals surface area contributed by atoms with Gasteiger partial charge in [-0.05, 0) is 48.6 Å². The lowest BCUT2D eigenvalue weighted by Crippen LogP contribution is -2.50. The lowest BCUT2D eigenvalue weighted by molar-refractivity contribution is -0.118. The predicted molar refractivity (Wildman–Crippen MR) is 125 cm³/mol. The van der Waals surface area contributed by atoms with Crippen molar-refractivity contribution in [1.29, 1.82) is 0 Å². The summed E-state index contributed by atoms with van der Waals surface area (Å²) in [5.41, 5.74) is 2.11. The Bertz CT molecular complexity index is 907. The molecule has 1 saturated carbocycles. The van der Waals surface area contributed by atoms with E-state index in [2.05, 4.69) is 21.3 Å². The lowest BCUT2D eigenvalue weighted by atomic mass is 10.0. The van der Waals surface area contributed by atoms with Gasteiger partial charge in [0.25, 0.3) is 5.91 Å². The molecule has 32 heavy (non-hydrogen) atoms. The van der Waals surface area contributed by atoms with Crippen LogP contribution in [0.3, 0.4) is 0 Å². The Hall–Kier alpha value is -3.35. The summed E-state index contributed by atoms with van der Waals surface area (Å²) in [4.78, 5) is 37.4. The molecule has 0 spiro atoms. The molecule has 4 amide bonds. The van der Waals surface area contributed by atoms with Crippen molar-refractivity contribution in [2.75, 3.05) is 5.32 Å². The number of hydrogen-bond acceptors (Lipinski definition) is 3. The van der Waals surface area contributed by atoms with Crippen molar-refractivity contribution in [1.82, 2.24) is 16.0 Å². The third-order valence-electron chi connectivity index (χ3n) is 5.64. The Labute approximate surface area is 189 Å². The molecule has 1 fully saturated rings. The highest BCUT2D eigenvalue weighted by Gasteiger charge is 2.24. The van der Waals surface area contributed by atoms with E-state index in [0.29, 0.717) is 17.8 Å². The van der Waals surface area contributed by atoms with E-state index in [0.717, 1.165) is 31.2 Å². The molecule has 2 aromatic rings. The number of rotatable bonds is 8. The third kappa shape index (κ3) is 6.83. The largest absolute Gasteiger partial charge is 0.349 e. The topological polar surface area (TPSA) is 99.3 Å². The van der Waals surface area contributed by atoms with E-state index < -0.39 is 12.1 Å². The maximum absolute atomic E-state index is 12.8. The summed E-state index contributed by atoms with van der Waals surface area (Å²) in [6, 6.07) is 15.5. The second-order valence-corrected chi connectivity index (χ2v) is 8.56. The zero-order chi connectivity index (χ0) is 22.9. The third-order valence-corrected chi connectivity index (χ3v) is 5.64. The zero-order valence-corrected chi connectivity index (χ0v) is 18.7. The molecular formula is C25H32N4O3. The maximum Gasteiger partial charge on any atom is 0.315 e. The normalized spacial score (nSPS) is 14.6. The van der Waals surface area contributed by atoms with Gasteiger partial charge in [0.2, 0.25) is 5.91 Å². The standard InChI is InChI=1S/C25H32N4O3/c1-17(2)22(29-25(32)26-16-18-8-4-3-5-9-18)24(31)28-21-14-12-19(13-15-21)23(30)27-20-10-6-7-11-20/h3-5,8-9,12-15,17,20,22H,6-7,10-11,16H2,1-2H3,(H,27,30)(H,28,31)(H2,26,29,32). The van der Waals surface area contributed by atoms with Crippen molar-refractivity contribution >= 4 is 23.5 Å². The van der Waals surface area contributed by atoms with E-state index in [1.807, 2.05) is 44.2 Å². The number of anilines is 1. The van der Waals surface area contributed by atoms with Gasteiger partial charge in [0.15, 0.2) is 0 Å². The van der Waals surface area contributed by atoms with Crippen LogP contribution >= 0.6 is 0 Å². The molecule has 1 aliphatic carbocycles. The predicted octanol–water partition coefficient (Wildman–Crippen LogP) is 3.82. The number of benzene rings is 2. The summed E-state index contributed by atoms with van der Waals surface area (Å²) < 4.78 is 0. The fraction of sp³-hybridized carbons (Fsp3) is 0.400. The van der Waals surface area contributed by atoms with E-state index in [9.17, 15) is 14.4 Å². The lowest BCUT2D eigenvalue weighted by Gasteiger charge is -2.22. The molecule has 4 N–H and O–H groups in total. The number of carbonyl (C=O) groups is 3. The zero-order valence-electron chi connectivity index (χ0n) is 18.7. The molecule has 2 aromatic carbocycles. The Morgan fingerprint density at radius 1 is 0.938 bits per heavy atom.